The Kier molecular flexibility index (Phi) is 8.60. The van der Waals surface area contributed by atoms with Crippen LogP contribution in [0.5, 0.6) is 0 Å². The first-order valence-corrected chi connectivity index (χ1v) is 12.4. The van der Waals surface area contributed by atoms with E-state index in [1.165, 1.54) is 30.3 Å². The third kappa shape index (κ3) is 6.87. The zero-order valence-corrected chi connectivity index (χ0v) is 19.4. The summed E-state index contributed by atoms with van der Waals surface area (Å²) in [5.41, 5.74) is 1.47. The topological polar surface area (TPSA) is 58.2 Å². The molecule has 7 heteroatoms. The van der Waals surface area contributed by atoms with E-state index in [9.17, 15) is 14.0 Å². The van der Waals surface area contributed by atoms with Crippen molar-refractivity contribution >= 4 is 47.1 Å². The molecular formula is C24H27FN2O2S2. The first-order chi connectivity index (χ1) is 14.9. The van der Waals surface area contributed by atoms with Gasteiger partial charge in [0.25, 0.3) is 11.8 Å². The van der Waals surface area contributed by atoms with Crippen molar-refractivity contribution in [3.8, 4) is 0 Å². The molecule has 0 spiro atoms. The van der Waals surface area contributed by atoms with E-state index in [1.54, 1.807) is 30.3 Å². The van der Waals surface area contributed by atoms with Gasteiger partial charge >= 0.3 is 0 Å². The second-order valence-corrected chi connectivity index (χ2v) is 10.0. The van der Waals surface area contributed by atoms with E-state index in [1.807, 2.05) is 17.8 Å². The van der Waals surface area contributed by atoms with Crippen molar-refractivity contribution in [3.05, 3.63) is 64.3 Å². The summed E-state index contributed by atoms with van der Waals surface area (Å²) >= 11 is 3.19. The molecule has 0 atom stereocenters. The van der Waals surface area contributed by atoms with Gasteiger partial charge in [0.05, 0.1) is 10.6 Å². The fourth-order valence-electron chi connectivity index (χ4n) is 2.93. The Morgan fingerprint density at radius 1 is 1.23 bits per heavy atom. The van der Waals surface area contributed by atoms with Gasteiger partial charge in [0.1, 0.15) is 5.82 Å². The predicted molar refractivity (Wildman–Crippen MR) is 129 cm³/mol. The fourth-order valence-corrected chi connectivity index (χ4v) is 5.05. The van der Waals surface area contributed by atoms with Crippen LogP contribution >= 0.6 is 23.5 Å². The number of amides is 2. The van der Waals surface area contributed by atoms with Crippen LogP contribution in [0.25, 0.3) is 6.08 Å². The number of hydrogen-bond donors (Lipinski definition) is 2. The second-order valence-electron chi connectivity index (χ2n) is 7.70. The van der Waals surface area contributed by atoms with Crippen LogP contribution in [0.15, 0.2) is 52.3 Å². The Labute approximate surface area is 191 Å². The minimum atomic E-state index is -0.375. The van der Waals surface area contributed by atoms with Crippen LogP contribution in [0, 0.1) is 11.7 Å². The summed E-state index contributed by atoms with van der Waals surface area (Å²) in [6, 6.07) is 11.6. The van der Waals surface area contributed by atoms with E-state index < -0.39 is 0 Å². The molecule has 1 aliphatic rings. The molecule has 3 rings (SSSR count). The van der Waals surface area contributed by atoms with Crippen molar-refractivity contribution in [3.63, 3.8) is 0 Å². The van der Waals surface area contributed by atoms with E-state index in [0.29, 0.717) is 28.3 Å². The van der Waals surface area contributed by atoms with Crippen LogP contribution in [0.2, 0.25) is 0 Å². The molecule has 2 amide bonds. The molecule has 0 saturated heterocycles. The van der Waals surface area contributed by atoms with E-state index in [0.717, 1.165) is 28.7 Å². The molecule has 2 aromatic carbocycles. The summed E-state index contributed by atoms with van der Waals surface area (Å²) in [6.07, 6.45) is 3.68. The number of benzene rings is 2. The zero-order valence-electron chi connectivity index (χ0n) is 17.7. The molecule has 0 radical (unpaired) electrons. The molecule has 0 bridgehead atoms. The fraction of sp³-hybridized carbons (Fsp3) is 0.333. The maximum Gasteiger partial charge on any atom is 0.262 e. The zero-order chi connectivity index (χ0) is 22.2. The minimum absolute atomic E-state index is 0.151. The summed E-state index contributed by atoms with van der Waals surface area (Å²) in [5, 5.41) is 5.75. The predicted octanol–water partition coefficient (Wildman–Crippen LogP) is 5.81. The van der Waals surface area contributed by atoms with Gasteiger partial charge in [0, 0.05) is 22.6 Å². The van der Waals surface area contributed by atoms with Gasteiger partial charge in [-0.15, -0.1) is 0 Å². The average molecular weight is 459 g/mol. The summed E-state index contributed by atoms with van der Waals surface area (Å²) in [5.74, 6) is 2.07. The second kappa shape index (κ2) is 11.4. The SMILES string of the molecule is CC(C)CCSCCCNC(=O)c1ccc2c(c1)NC(=O)/C(=C\c1ccccc1F)S2. The Balaban J connectivity index is 1.55. The number of fused-ring (bicyclic) bond motifs is 1. The highest BCUT2D eigenvalue weighted by Gasteiger charge is 2.22. The molecule has 0 saturated carbocycles. The van der Waals surface area contributed by atoms with Gasteiger partial charge in [-0.2, -0.15) is 11.8 Å². The van der Waals surface area contributed by atoms with Gasteiger partial charge in [-0.05, 0) is 60.6 Å². The van der Waals surface area contributed by atoms with E-state index in [4.69, 9.17) is 0 Å². The lowest BCUT2D eigenvalue weighted by Crippen LogP contribution is -2.25. The van der Waals surface area contributed by atoms with Gasteiger partial charge in [-0.3, -0.25) is 9.59 Å². The van der Waals surface area contributed by atoms with Crippen LogP contribution in [-0.2, 0) is 4.79 Å². The molecule has 31 heavy (non-hydrogen) atoms. The lowest BCUT2D eigenvalue weighted by atomic mass is 10.1. The highest BCUT2D eigenvalue weighted by molar-refractivity contribution is 8.04. The number of anilines is 1. The average Bonchev–Trinajstić information content (AvgIpc) is 2.74. The van der Waals surface area contributed by atoms with Crippen LogP contribution in [0.1, 0.15) is 42.6 Å². The molecule has 1 heterocycles. The van der Waals surface area contributed by atoms with Crippen LogP contribution in [0.4, 0.5) is 10.1 Å². The summed E-state index contributed by atoms with van der Waals surface area (Å²) in [6.45, 7) is 5.07. The molecule has 1 aliphatic heterocycles. The smallest absolute Gasteiger partial charge is 0.262 e. The number of hydrogen-bond acceptors (Lipinski definition) is 4. The number of carbonyl (C=O) groups excluding carboxylic acids is 2. The first-order valence-electron chi connectivity index (χ1n) is 10.4. The Bertz CT molecular complexity index is 976. The molecule has 4 nitrogen and oxygen atoms in total. The van der Waals surface area contributed by atoms with Crippen LogP contribution in [-0.4, -0.2) is 29.9 Å². The van der Waals surface area contributed by atoms with Crippen molar-refractivity contribution in [1.82, 2.24) is 5.32 Å². The van der Waals surface area contributed by atoms with Gasteiger partial charge in [-0.1, -0.05) is 43.8 Å². The lowest BCUT2D eigenvalue weighted by molar-refractivity contribution is -0.112. The third-order valence-electron chi connectivity index (χ3n) is 4.72. The van der Waals surface area contributed by atoms with Gasteiger partial charge in [0.15, 0.2) is 0 Å². The van der Waals surface area contributed by atoms with Gasteiger partial charge in [0.2, 0.25) is 0 Å². The van der Waals surface area contributed by atoms with E-state index >= 15 is 0 Å². The van der Waals surface area contributed by atoms with Gasteiger partial charge < -0.3 is 10.6 Å². The first kappa shape index (κ1) is 23.4. The Morgan fingerprint density at radius 2 is 2.03 bits per heavy atom. The van der Waals surface area contributed by atoms with Crippen molar-refractivity contribution in [1.29, 1.82) is 0 Å². The summed E-state index contributed by atoms with van der Waals surface area (Å²) < 4.78 is 13.9. The molecule has 0 unspecified atom stereocenters. The highest BCUT2D eigenvalue weighted by atomic mass is 32.2. The van der Waals surface area contributed by atoms with Crippen molar-refractivity contribution in [2.45, 2.75) is 31.6 Å². The number of nitrogens with one attached hydrogen (secondary N) is 2. The van der Waals surface area contributed by atoms with Crippen LogP contribution < -0.4 is 10.6 Å². The Hall–Kier alpha value is -2.25. The molecule has 0 aliphatic carbocycles. The summed E-state index contributed by atoms with van der Waals surface area (Å²) in [7, 11) is 0. The van der Waals surface area contributed by atoms with Gasteiger partial charge in [-0.25, -0.2) is 4.39 Å². The largest absolute Gasteiger partial charge is 0.352 e. The van der Waals surface area contributed by atoms with E-state index in [-0.39, 0.29) is 17.6 Å². The molecule has 164 valence electrons. The number of carbonyl (C=O) groups is 2. The normalized spacial score (nSPS) is 14.5. The van der Waals surface area contributed by atoms with Crippen molar-refractivity contribution < 1.29 is 14.0 Å². The molecule has 0 aromatic heterocycles. The maximum absolute atomic E-state index is 13.9. The number of thioether (sulfide) groups is 2. The molecule has 0 fully saturated rings. The Morgan fingerprint density at radius 3 is 2.81 bits per heavy atom. The summed E-state index contributed by atoms with van der Waals surface area (Å²) in [4.78, 5) is 26.1. The molecule has 2 N–H and O–H groups in total. The minimum Gasteiger partial charge on any atom is -0.352 e. The van der Waals surface area contributed by atoms with Crippen molar-refractivity contribution in [2.75, 3.05) is 23.4 Å². The molecule has 2 aromatic rings. The van der Waals surface area contributed by atoms with Crippen molar-refractivity contribution in [2.24, 2.45) is 5.92 Å². The maximum atomic E-state index is 13.9. The van der Waals surface area contributed by atoms with E-state index in [2.05, 4.69) is 24.5 Å². The highest BCUT2D eigenvalue weighted by Crippen LogP contribution is 2.39. The number of rotatable bonds is 9. The quantitative estimate of drug-likeness (QED) is 0.368. The number of halogens is 1. The monoisotopic (exact) mass is 458 g/mol. The lowest BCUT2D eigenvalue weighted by Gasteiger charge is -2.19. The standard InChI is InChI=1S/C24H27FN2O2S2/c1-16(2)10-13-30-12-5-11-26-23(28)18-8-9-21-20(14-18)27-24(29)22(31-21)15-17-6-3-4-7-19(17)25/h3-4,6-9,14-16H,5,10-13H2,1-2H3,(H,26,28)(H,27,29)/b22-15+. The molecular weight excluding hydrogens is 431 g/mol. The third-order valence-corrected chi connectivity index (χ3v) is 6.92. The van der Waals surface area contributed by atoms with Crippen LogP contribution in [0.3, 0.4) is 0 Å².